The molecule has 6 nitrogen and oxygen atoms in total. The van der Waals surface area contributed by atoms with Gasteiger partial charge in [0.15, 0.2) is 0 Å². The van der Waals surface area contributed by atoms with Crippen molar-refractivity contribution >= 4 is 17.7 Å². The van der Waals surface area contributed by atoms with Crippen LogP contribution >= 0.6 is 11.8 Å². The summed E-state index contributed by atoms with van der Waals surface area (Å²) in [6, 6.07) is 9.83. The van der Waals surface area contributed by atoms with E-state index < -0.39 is 0 Å². The van der Waals surface area contributed by atoms with Gasteiger partial charge in [0.05, 0.1) is 12.3 Å². The number of thioether (sulfide) groups is 1. The number of hydrogen-bond acceptors (Lipinski definition) is 6. The van der Waals surface area contributed by atoms with Crippen molar-refractivity contribution in [3.05, 3.63) is 41.8 Å². The zero-order valence-electron chi connectivity index (χ0n) is 11.2. The highest BCUT2D eigenvalue weighted by Gasteiger charge is 2.12. The molecule has 20 heavy (non-hydrogen) atoms. The first-order chi connectivity index (χ1) is 9.69. The number of hydrogen-bond donors (Lipinski definition) is 1. The third-order valence-corrected chi connectivity index (χ3v) is 3.43. The Hall–Kier alpha value is -1.86. The second-order valence-electron chi connectivity index (χ2n) is 4.19. The van der Waals surface area contributed by atoms with Crippen molar-refractivity contribution in [2.75, 3.05) is 12.8 Å². The molecule has 0 radical (unpaired) electrons. The molecule has 2 rings (SSSR count). The topological polar surface area (TPSA) is 85.2 Å². The predicted molar refractivity (Wildman–Crippen MR) is 75.8 cm³/mol. The van der Waals surface area contributed by atoms with E-state index in [9.17, 15) is 4.79 Å². The fraction of sp³-hybridized carbons (Fsp3) is 0.308. The molecule has 2 aromatic rings. The summed E-state index contributed by atoms with van der Waals surface area (Å²) in [4.78, 5) is 13.7. The zero-order valence-corrected chi connectivity index (χ0v) is 12.0. The maximum Gasteiger partial charge on any atom is 0.277 e. The van der Waals surface area contributed by atoms with Crippen LogP contribution in [0.2, 0.25) is 0 Å². The van der Waals surface area contributed by atoms with Gasteiger partial charge in [0, 0.05) is 13.6 Å². The maximum atomic E-state index is 12.0. The third-order valence-electron chi connectivity index (χ3n) is 2.63. The van der Waals surface area contributed by atoms with Gasteiger partial charge in [0.25, 0.3) is 5.22 Å². The lowest BCUT2D eigenvalue weighted by Crippen LogP contribution is -2.27. The lowest BCUT2D eigenvalue weighted by molar-refractivity contribution is -0.127. The Labute approximate surface area is 121 Å². The number of carbonyl (C=O) groups excluding carboxylic acids is 1. The van der Waals surface area contributed by atoms with E-state index in [0.29, 0.717) is 17.7 Å². The Kier molecular flexibility index (Phi) is 5.14. The van der Waals surface area contributed by atoms with Gasteiger partial charge in [-0.05, 0) is 5.56 Å². The first-order valence-electron chi connectivity index (χ1n) is 6.12. The average molecular weight is 292 g/mol. The molecule has 1 amide bonds. The van der Waals surface area contributed by atoms with E-state index in [2.05, 4.69) is 10.2 Å². The fourth-order valence-corrected chi connectivity index (χ4v) is 2.28. The van der Waals surface area contributed by atoms with Gasteiger partial charge in [0.2, 0.25) is 11.8 Å². The standard InChI is InChI=1S/C13H16N4O2S/c1-17(8-10-5-3-2-4-6-10)12(18)9-20-13-16-15-11(7-14)19-13/h2-6H,7-9,14H2,1H3. The van der Waals surface area contributed by atoms with Crippen molar-refractivity contribution in [3.8, 4) is 0 Å². The molecule has 0 bridgehead atoms. The molecule has 0 spiro atoms. The second kappa shape index (κ2) is 7.06. The molecule has 0 fully saturated rings. The van der Waals surface area contributed by atoms with Crippen LogP contribution in [0.1, 0.15) is 11.5 Å². The third kappa shape index (κ3) is 4.07. The Bertz CT molecular complexity index is 559. The van der Waals surface area contributed by atoms with Gasteiger partial charge in [0.1, 0.15) is 0 Å². The lowest BCUT2D eigenvalue weighted by Gasteiger charge is -2.16. The van der Waals surface area contributed by atoms with E-state index in [0.717, 1.165) is 5.56 Å². The molecule has 0 atom stereocenters. The van der Waals surface area contributed by atoms with Gasteiger partial charge in [-0.2, -0.15) is 0 Å². The summed E-state index contributed by atoms with van der Waals surface area (Å²) < 4.78 is 5.23. The number of rotatable bonds is 6. The van der Waals surface area contributed by atoms with Crippen molar-refractivity contribution in [1.82, 2.24) is 15.1 Å². The SMILES string of the molecule is CN(Cc1ccccc1)C(=O)CSc1nnc(CN)o1. The van der Waals surface area contributed by atoms with Gasteiger partial charge in [-0.3, -0.25) is 4.79 Å². The van der Waals surface area contributed by atoms with Crippen LogP contribution in [0.25, 0.3) is 0 Å². The van der Waals surface area contributed by atoms with Crippen LogP contribution in [-0.2, 0) is 17.9 Å². The monoisotopic (exact) mass is 292 g/mol. The predicted octanol–water partition coefficient (Wildman–Crippen LogP) is 1.28. The molecule has 2 N–H and O–H groups in total. The van der Waals surface area contributed by atoms with E-state index in [1.807, 2.05) is 30.3 Å². The normalized spacial score (nSPS) is 10.5. The smallest absolute Gasteiger partial charge is 0.277 e. The van der Waals surface area contributed by atoms with Crippen LogP contribution in [-0.4, -0.2) is 33.8 Å². The minimum absolute atomic E-state index is 0.00588. The van der Waals surface area contributed by atoms with Gasteiger partial charge >= 0.3 is 0 Å². The Morgan fingerprint density at radius 3 is 2.75 bits per heavy atom. The van der Waals surface area contributed by atoms with Crippen LogP contribution in [0.4, 0.5) is 0 Å². The number of nitrogens with zero attached hydrogens (tertiary/aromatic N) is 3. The van der Waals surface area contributed by atoms with Crippen LogP contribution in [0, 0.1) is 0 Å². The number of nitrogens with two attached hydrogens (primary N) is 1. The number of aromatic nitrogens is 2. The Morgan fingerprint density at radius 1 is 1.35 bits per heavy atom. The fourth-order valence-electron chi connectivity index (χ4n) is 1.56. The molecule has 1 aromatic carbocycles. The molecular formula is C13H16N4O2S. The highest BCUT2D eigenvalue weighted by Crippen LogP contribution is 2.16. The number of benzene rings is 1. The van der Waals surface area contributed by atoms with Gasteiger partial charge < -0.3 is 15.1 Å². The summed E-state index contributed by atoms with van der Waals surface area (Å²) in [5, 5.41) is 7.90. The Morgan fingerprint density at radius 2 is 2.10 bits per heavy atom. The van der Waals surface area contributed by atoms with E-state index >= 15 is 0 Å². The van der Waals surface area contributed by atoms with Crippen molar-refractivity contribution < 1.29 is 9.21 Å². The molecule has 106 valence electrons. The lowest BCUT2D eigenvalue weighted by atomic mass is 10.2. The zero-order chi connectivity index (χ0) is 14.4. The van der Waals surface area contributed by atoms with Gasteiger partial charge in [-0.15, -0.1) is 10.2 Å². The molecule has 7 heteroatoms. The molecule has 0 aliphatic heterocycles. The van der Waals surface area contributed by atoms with Crippen LogP contribution in [0.3, 0.4) is 0 Å². The number of carbonyl (C=O) groups is 1. The van der Waals surface area contributed by atoms with Crippen LogP contribution < -0.4 is 5.73 Å². The minimum Gasteiger partial charge on any atom is -0.415 e. The van der Waals surface area contributed by atoms with E-state index in [1.54, 1.807) is 11.9 Å². The molecule has 0 unspecified atom stereocenters. The van der Waals surface area contributed by atoms with Crippen molar-refractivity contribution in [2.45, 2.75) is 18.3 Å². The molecule has 0 aliphatic rings. The van der Waals surface area contributed by atoms with Gasteiger partial charge in [-0.25, -0.2) is 0 Å². The van der Waals surface area contributed by atoms with Gasteiger partial charge in [-0.1, -0.05) is 42.1 Å². The average Bonchev–Trinajstić information content (AvgIpc) is 2.93. The minimum atomic E-state index is 0.00588. The second-order valence-corrected chi connectivity index (χ2v) is 5.12. The van der Waals surface area contributed by atoms with E-state index in [-0.39, 0.29) is 18.2 Å². The molecule has 0 saturated carbocycles. The van der Waals surface area contributed by atoms with Crippen LogP contribution in [0.15, 0.2) is 40.0 Å². The molecular weight excluding hydrogens is 276 g/mol. The molecule has 1 aromatic heterocycles. The van der Waals surface area contributed by atoms with Crippen molar-refractivity contribution in [3.63, 3.8) is 0 Å². The van der Waals surface area contributed by atoms with Crippen molar-refractivity contribution in [2.24, 2.45) is 5.73 Å². The van der Waals surface area contributed by atoms with Crippen molar-refractivity contribution in [1.29, 1.82) is 0 Å². The first-order valence-corrected chi connectivity index (χ1v) is 7.10. The Balaban J connectivity index is 1.82. The summed E-state index contributed by atoms with van der Waals surface area (Å²) in [6.07, 6.45) is 0. The maximum absolute atomic E-state index is 12.0. The largest absolute Gasteiger partial charge is 0.415 e. The summed E-state index contributed by atoms with van der Waals surface area (Å²) >= 11 is 1.22. The highest BCUT2D eigenvalue weighted by molar-refractivity contribution is 7.99. The molecule has 1 heterocycles. The highest BCUT2D eigenvalue weighted by atomic mass is 32.2. The summed E-state index contributed by atoms with van der Waals surface area (Å²) in [7, 11) is 1.77. The van der Waals surface area contributed by atoms with Crippen LogP contribution in [0.5, 0.6) is 0 Å². The number of amides is 1. The van der Waals surface area contributed by atoms with E-state index in [1.165, 1.54) is 11.8 Å². The summed E-state index contributed by atoms with van der Waals surface area (Å²) in [6.45, 7) is 0.785. The summed E-state index contributed by atoms with van der Waals surface area (Å²) in [5.41, 5.74) is 6.47. The molecule has 0 saturated heterocycles. The quantitative estimate of drug-likeness (QED) is 0.807. The summed E-state index contributed by atoms with van der Waals surface area (Å²) in [5.74, 6) is 0.638. The molecule has 0 aliphatic carbocycles. The van der Waals surface area contributed by atoms with E-state index in [4.69, 9.17) is 10.2 Å². The first kappa shape index (κ1) is 14.5.